The predicted molar refractivity (Wildman–Crippen MR) is 133 cm³/mol. The molecule has 2 amide bonds. The molecule has 0 unspecified atom stereocenters. The standard InChI is InChI=1S/C26H32BrN3O2/c1-18-9-13-29(14-10-18)24-8-7-20(28-25(31)21-5-3-4-6-23(21)27)17-22(24)26(32)30-15-11-19(2)12-16-30/h3-8,17-19H,9-16H2,1-2H3,(H,28,31). The molecule has 2 aromatic carbocycles. The van der Waals surface area contributed by atoms with Gasteiger partial charge in [-0.3, -0.25) is 9.59 Å². The summed E-state index contributed by atoms with van der Waals surface area (Å²) in [4.78, 5) is 30.7. The van der Waals surface area contributed by atoms with Crippen molar-refractivity contribution in [3.8, 4) is 0 Å². The number of benzene rings is 2. The summed E-state index contributed by atoms with van der Waals surface area (Å²) in [6, 6.07) is 13.1. The first-order valence-corrected chi connectivity index (χ1v) is 12.5. The Labute approximate surface area is 199 Å². The van der Waals surface area contributed by atoms with Gasteiger partial charge in [0, 0.05) is 42.0 Å². The number of hydrogen-bond donors (Lipinski definition) is 1. The smallest absolute Gasteiger partial charge is 0.256 e. The molecule has 0 aromatic heterocycles. The number of anilines is 2. The summed E-state index contributed by atoms with van der Waals surface area (Å²) in [7, 11) is 0. The zero-order chi connectivity index (χ0) is 22.7. The number of carbonyl (C=O) groups is 2. The van der Waals surface area contributed by atoms with Gasteiger partial charge in [-0.1, -0.05) is 26.0 Å². The van der Waals surface area contributed by atoms with Gasteiger partial charge in [-0.15, -0.1) is 0 Å². The summed E-state index contributed by atoms with van der Waals surface area (Å²) in [6.07, 6.45) is 4.35. The first kappa shape index (κ1) is 22.8. The van der Waals surface area contributed by atoms with Gasteiger partial charge in [-0.25, -0.2) is 0 Å². The zero-order valence-electron chi connectivity index (χ0n) is 18.9. The third-order valence-corrected chi connectivity index (χ3v) is 7.49. The Morgan fingerprint density at radius 3 is 2.16 bits per heavy atom. The van der Waals surface area contributed by atoms with E-state index in [2.05, 4.69) is 40.0 Å². The van der Waals surface area contributed by atoms with E-state index >= 15 is 0 Å². The molecule has 2 aliphatic heterocycles. The summed E-state index contributed by atoms with van der Waals surface area (Å²) >= 11 is 3.45. The largest absolute Gasteiger partial charge is 0.371 e. The van der Waals surface area contributed by atoms with Crippen molar-refractivity contribution in [2.24, 2.45) is 11.8 Å². The van der Waals surface area contributed by atoms with E-state index in [0.717, 1.165) is 67.9 Å². The molecule has 0 bridgehead atoms. The number of likely N-dealkylation sites (tertiary alicyclic amines) is 1. The van der Waals surface area contributed by atoms with Crippen LogP contribution < -0.4 is 10.2 Å². The predicted octanol–water partition coefficient (Wildman–Crippen LogP) is 5.81. The molecule has 6 heteroatoms. The highest BCUT2D eigenvalue weighted by Crippen LogP contribution is 2.31. The van der Waals surface area contributed by atoms with Gasteiger partial charge in [0.25, 0.3) is 11.8 Å². The van der Waals surface area contributed by atoms with E-state index in [-0.39, 0.29) is 11.8 Å². The normalized spacial score (nSPS) is 18.0. The molecule has 0 saturated carbocycles. The first-order chi connectivity index (χ1) is 15.4. The second-order valence-corrected chi connectivity index (χ2v) is 10.2. The molecular formula is C26H32BrN3O2. The molecule has 2 saturated heterocycles. The van der Waals surface area contributed by atoms with Crippen molar-refractivity contribution >= 4 is 39.1 Å². The van der Waals surface area contributed by atoms with Gasteiger partial charge in [-0.2, -0.15) is 0 Å². The molecule has 170 valence electrons. The monoisotopic (exact) mass is 497 g/mol. The number of amides is 2. The number of hydrogen-bond acceptors (Lipinski definition) is 3. The number of halogens is 1. The molecule has 2 aromatic rings. The summed E-state index contributed by atoms with van der Waals surface area (Å²) in [5.74, 6) is 1.26. The minimum atomic E-state index is -0.192. The maximum atomic E-state index is 13.6. The SMILES string of the molecule is CC1CCN(C(=O)c2cc(NC(=O)c3ccccc3Br)ccc2N2CCC(C)CC2)CC1. The fourth-order valence-corrected chi connectivity index (χ4v) is 5.00. The van der Waals surface area contributed by atoms with Crippen LogP contribution in [0.2, 0.25) is 0 Å². The fraction of sp³-hybridized carbons (Fsp3) is 0.462. The van der Waals surface area contributed by atoms with Gasteiger partial charge in [0.05, 0.1) is 11.1 Å². The van der Waals surface area contributed by atoms with Crippen LogP contribution in [0, 0.1) is 11.8 Å². The third-order valence-electron chi connectivity index (χ3n) is 6.80. The van der Waals surface area contributed by atoms with Crippen LogP contribution >= 0.6 is 15.9 Å². The van der Waals surface area contributed by atoms with Crippen molar-refractivity contribution in [3.63, 3.8) is 0 Å². The molecule has 32 heavy (non-hydrogen) atoms. The molecule has 0 radical (unpaired) electrons. The Hall–Kier alpha value is -2.34. The Kier molecular flexibility index (Phi) is 7.19. The van der Waals surface area contributed by atoms with Gasteiger partial charge in [0.2, 0.25) is 0 Å². The highest BCUT2D eigenvalue weighted by atomic mass is 79.9. The van der Waals surface area contributed by atoms with Crippen molar-refractivity contribution in [3.05, 3.63) is 58.1 Å². The lowest BCUT2D eigenvalue weighted by Gasteiger charge is -2.35. The van der Waals surface area contributed by atoms with Gasteiger partial charge in [0.15, 0.2) is 0 Å². The topological polar surface area (TPSA) is 52.7 Å². The van der Waals surface area contributed by atoms with Crippen molar-refractivity contribution in [1.82, 2.24) is 4.90 Å². The van der Waals surface area contributed by atoms with Crippen LogP contribution in [0.3, 0.4) is 0 Å². The maximum absolute atomic E-state index is 13.6. The molecule has 5 nitrogen and oxygen atoms in total. The molecule has 0 spiro atoms. The highest BCUT2D eigenvalue weighted by molar-refractivity contribution is 9.10. The Morgan fingerprint density at radius 2 is 1.50 bits per heavy atom. The lowest BCUT2D eigenvalue weighted by molar-refractivity contribution is 0.0697. The fourth-order valence-electron chi connectivity index (χ4n) is 4.54. The molecule has 4 rings (SSSR count). The molecule has 2 heterocycles. The molecular weight excluding hydrogens is 466 g/mol. The van der Waals surface area contributed by atoms with Crippen LogP contribution in [-0.2, 0) is 0 Å². The van der Waals surface area contributed by atoms with Crippen molar-refractivity contribution in [2.75, 3.05) is 36.4 Å². The van der Waals surface area contributed by atoms with Crippen LogP contribution in [0.25, 0.3) is 0 Å². The average molecular weight is 498 g/mol. The van der Waals surface area contributed by atoms with E-state index < -0.39 is 0 Å². The van der Waals surface area contributed by atoms with Crippen LogP contribution in [0.4, 0.5) is 11.4 Å². The van der Waals surface area contributed by atoms with Crippen molar-refractivity contribution < 1.29 is 9.59 Å². The second-order valence-electron chi connectivity index (χ2n) is 9.31. The van der Waals surface area contributed by atoms with Gasteiger partial charge in [0.1, 0.15) is 0 Å². The second kappa shape index (κ2) is 10.1. The number of rotatable bonds is 4. The minimum Gasteiger partial charge on any atom is -0.371 e. The number of nitrogens with one attached hydrogen (secondary N) is 1. The van der Waals surface area contributed by atoms with Crippen LogP contribution in [0.5, 0.6) is 0 Å². The third kappa shape index (κ3) is 5.17. The first-order valence-electron chi connectivity index (χ1n) is 11.7. The molecule has 0 atom stereocenters. The van der Waals surface area contributed by atoms with Gasteiger partial charge in [-0.05, 0) is 83.8 Å². The van der Waals surface area contributed by atoms with Crippen LogP contribution in [0.1, 0.15) is 60.2 Å². The number of nitrogens with zero attached hydrogens (tertiary/aromatic N) is 2. The number of piperidine rings is 2. The van der Waals surface area contributed by atoms with E-state index in [1.807, 2.05) is 41.3 Å². The summed E-state index contributed by atoms with van der Waals surface area (Å²) in [6.45, 7) is 8.05. The summed E-state index contributed by atoms with van der Waals surface area (Å²) in [5.41, 5.74) is 2.89. The van der Waals surface area contributed by atoms with Crippen LogP contribution in [0.15, 0.2) is 46.9 Å². The van der Waals surface area contributed by atoms with Crippen LogP contribution in [-0.4, -0.2) is 42.9 Å². The van der Waals surface area contributed by atoms with E-state index in [1.54, 1.807) is 6.07 Å². The lowest BCUT2D eigenvalue weighted by Crippen LogP contribution is -2.40. The van der Waals surface area contributed by atoms with E-state index in [0.29, 0.717) is 22.7 Å². The maximum Gasteiger partial charge on any atom is 0.256 e. The van der Waals surface area contributed by atoms with Crippen molar-refractivity contribution in [2.45, 2.75) is 39.5 Å². The Bertz CT molecular complexity index is 977. The highest BCUT2D eigenvalue weighted by Gasteiger charge is 2.27. The average Bonchev–Trinajstić information content (AvgIpc) is 2.80. The van der Waals surface area contributed by atoms with Crippen molar-refractivity contribution in [1.29, 1.82) is 0 Å². The minimum absolute atomic E-state index is 0.0718. The zero-order valence-corrected chi connectivity index (χ0v) is 20.5. The van der Waals surface area contributed by atoms with Gasteiger partial charge >= 0.3 is 0 Å². The molecule has 2 fully saturated rings. The van der Waals surface area contributed by atoms with E-state index in [1.165, 1.54) is 0 Å². The quantitative estimate of drug-likeness (QED) is 0.579. The van der Waals surface area contributed by atoms with E-state index in [4.69, 9.17) is 0 Å². The Morgan fingerprint density at radius 1 is 0.875 bits per heavy atom. The molecule has 2 aliphatic rings. The molecule has 1 N–H and O–H groups in total. The number of carbonyl (C=O) groups excluding carboxylic acids is 2. The summed E-state index contributed by atoms with van der Waals surface area (Å²) < 4.78 is 0.746. The molecule has 0 aliphatic carbocycles. The summed E-state index contributed by atoms with van der Waals surface area (Å²) in [5, 5.41) is 2.98. The van der Waals surface area contributed by atoms with E-state index in [9.17, 15) is 9.59 Å². The Balaban J connectivity index is 1.61. The lowest BCUT2D eigenvalue weighted by atomic mass is 9.96. The van der Waals surface area contributed by atoms with Gasteiger partial charge < -0.3 is 15.1 Å².